The van der Waals surface area contributed by atoms with E-state index in [2.05, 4.69) is 5.32 Å². The third-order valence-electron chi connectivity index (χ3n) is 4.58. The SMILES string of the molecule is CCOc1ccc(C[NH+](C)CC(=O)Nc2cc(C)c(C)cc2[N+](=O)[O-])cc1OC. The number of hydrogen-bond donors (Lipinski definition) is 2. The number of rotatable bonds is 9. The molecule has 8 nitrogen and oxygen atoms in total. The number of likely N-dealkylation sites (N-methyl/N-ethyl adjacent to an activating group) is 1. The summed E-state index contributed by atoms with van der Waals surface area (Å²) in [6.45, 7) is 6.86. The highest BCUT2D eigenvalue weighted by Gasteiger charge is 2.19. The number of methoxy groups -OCH3 is 1. The number of hydrogen-bond acceptors (Lipinski definition) is 5. The molecular weight excluding hydrogens is 374 g/mol. The number of nitrogens with one attached hydrogen (secondary N) is 2. The zero-order chi connectivity index (χ0) is 21.6. The number of nitro groups is 1. The molecule has 1 amide bonds. The number of amides is 1. The molecule has 2 N–H and O–H groups in total. The highest BCUT2D eigenvalue weighted by atomic mass is 16.6. The van der Waals surface area contributed by atoms with Gasteiger partial charge in [0.25, 0.3) is 11.6 Å². The molecule has 156 valence electrons. The van der Waals surface area contributed by atoms with Crippen LogP contribution in [0.15, 0.2) is 30.3 Å². The van der Waals surface area contributed by atoms with Crippen LogP contribution < -0.4 is 19.7 Å². The van der Waals surface area contributed by atoms with E-state index in [1.165, 1.54) is 6.07 Å². The molecule has 0 aliphatic heterocycles. The van der Waals surface area contributed by atoms with Crippen LogP contribution in [0.3, 0.4) is 0 Å². The van der Waals surface area contributed by atoms with E-state index in [-0.39, 0.29) is 23.8 Å². The first-order valence-electron chi connectivity index (χ1n) is 9.41. The molecule has 0 radical (unpaired) electrons. The van der Waals surface area contributed by atoms with Crippen molar-refractivity contribution in [3.8, 4) is 11.5 Å². The first-order valence-corrected chi connectivity index (χ1v) is 9.41. The Balaban J connectivity index is 2.05. The summed E-state index contributed by atoms with van der Waals surface area (Å²) < 4.78 is 10.9. The molecule has 0 aliphatic carbocycles. The summed E-state index contributed by atoms with van der Waals surface area (Å²) in [6, 6.07) is 8.79. The van der Waals surface area contributed by atoms with Crippen LogP contribution in [0, 0.1) is 24.0 Å². The van der Waals surface area contributed by atoms with E-state index in [1.807, 2.05) is 39.1 Å². The van der Waals surface area contributed by atoms with Crippen molar-refractivity contribution in [1.82, 2.24) is 0 Å². The number of quaternary nitrogens is 1. The Morgan fingerprint density at radius 1 is 1.17 bits per heavy atom. The Morgan fingerprint density at radius 2 is 1.86 bits per heavy atom. The van der Waals surface area contributed by atoms with Crippen LogP contribution in [0.1, 0.15) is 23.6 Å². The van der Waals surface area contributed by atoms with Gasteiger partial charge in [-0.15, -0.1) is 0 Å². The maximum Gasteiger partial charge on any atom is 0.293 e. The first kappa shape index (κ1) is 22.2. The molecule has 2 aromatic rings. The zero-order valence-corrected chi connectivity index (χ0v) is 17.5. The van der Waals surface area contributed by atoms with Crippen molar-refractivity contribution in [2.45, 2.75) is 27.3 Å². The van der Waals surface area contributed by atoms with Gasteiger partial charge in [0.2, 0.25) is 0 Å². The van der Waals surface area contributed by atoms with E-state index in [0.29, 0.717) is 24.7 Å². The summed E-state index contributed by atoms with van der Waals surface area (Å²) in [6.07, 6.45) is 0. The molecule has 0 saturated heterocycles. The molecule has 8 heteroatoms. The number of carbonyl (C=O) groups excluding carboxylic acids is 1. The third-order valence-corrected chi connectivity index (χ3v) is 4.58. The lowest BCUT2D eigenvalue weighted by Gasteiger charge is -2.16. The largest absolute Gasteiger partial charge is 0.493 e. The standard InChI is InChI=1S/C21H27N3O5/c1-6-29-19-8-7-16(11-20(19)28-5)12-23(4)13-21(25)22-17-9-14(2)15(3)10-18(17)24(26)27/h7-11H,6,12-13H2,1-5H3,(H,22,25)/p+1. The van der Waals surface area contributed by atoms with E-state index < -0.39 is 4.92 Å². The van der Waals surface area contributed by atoms with Crippen LogP contribution in [0.4, 0.5) is 11.4 Å². The second-order valence-corrected chi connectivity index (χ2v) is 6.99. The number of nitro benzene ring substituents is 1. The van der Waals surface area contributed by atoms with E-state index in [9.17, 15) is 14.9 Å². The van der Waals surface area contributed by atoms with Crippen molar-refractivity contribution >= 4 is 17.3 Å². The summed E-state index contributed by atoms with van der Waals surface area (Å²) in [5.41, 5.74) is 2.80. The van der Waals surface area contributed by atoms with Gasteiger partial charge in [-0.05, 0) is 56.2 Å². The lowest BCUT2D eigenvalue weighted by Crippen LogP contribution is -3.08. The molecule has 0 bridgehead atoms. The summed E-state index contributed by atoms with van der Waals surface area (Å²) in [5, 5.41) is 14.0. The van der Waals surface area contributed by atoms with Crippen LogP contribution in [-0.2, 0) is 11.3 Å². The van der Waals surface area contributed by atoms with E-state index >= 15 is 0 Å². The maximum atomic E-state index is 12.4. The van der Waals surface area contributed by atoms with E-state index in [4.69, 9.17) is 9.47 Å². The third kappa shape index (κ3) is 5.92. The first-order chi connectivity index (χ1) is 13.7. The van der Waals surface area contributed by atoms with Crippen molar-refractivity contribution in [2.24, 2.45) is 0 Å². The van der Waals surface area contributed by atoms with Crippen molar-refractivity contribution in [2.75, 3.05) is 32.6 Å². The maximum absolute atomic E-state index is 12.4. The van der Waals surface area contributed by atoms with Gasteiger partial charge in [0.05, 0.1) is 25.7 Å². The lowest BCUT2D eigenvalue weighted by molar-refractivity contribution is -0.885. The Bertz CT molecular complexity index is 898. The fourth-order valence-electron chi connectivity index (χ4n) is 3.03. The predicted octanol–water partition coefficient (Wildman–Crippen LogP) is 2.27. The molecule has 2 aromatic carbocycles. The number of anilines is 1. The molecule has 0 aliphatic rings. The van der Waals surface area contributed by atoms with Gasteiger partial charge >= 0.3 is 0 Å². The van der Waals surface area contributed by atoms with Gasteiger partial charge in [0.1, 0.15) is 12.2 Å². The number of ether oxygens (including phenoxy) is 2. The van der Waals surface area contributed by atoms with E-state index in [1.54, 1.807) is 20.1 Å². The van der Waals surface area contributed by atoms with Gasteiger partial charge < -0.3 is 19.7 Å². The minimum absolute atomic E-state index is 0.102. The number of nitrogens with zero attached hydrogens (tertiary/aromatic N) is 1. The number of carbonyl (C=O) groups is 1. The summed E-state index contributed by atoms with van der Waals surface area (Å²) in [4.78, 5) is 24.2. The molecule has 0 aromatic heterocycles. The summed E-state index contributed by atoms with van der Waals surface area (Å²) in [5.74, 6) is 1.04. The Hall–Kier alpha value is -3.13. The topological polar surface area (TPSA) is 95.1 Å². The van der Waals surface area contributed by atoms with Crippen molar-refractivity contribution in [3.05, 3.63) is 57.1 Å². The van der Waals surface area contributed by atoms with Gasteiger partial charge in [0.15, 0.2) is 18.0 Å². The second kappa shape index (κ2) is 9.88. The van der Waals surface area contributed by atoms with Gasteiger partial charge in [-0.25, -0.2) is 0 Å². The molecule has 2 rings (SSSR count). The number of benzene rings is 2. The summed E-state index contributed by atoms with van der Waals surface area (Å²) >= 11 is 0. The molecule has 0 fully saturated rings. The minimum atomic E-state index is -0.481. The molecule has 29 heavy (non-hydrogen) atoms. The monoisotopic (exact) mass is 402 g/mol. The van der Waals surface area contributed by atoms with Crippen LogP contribution in [0.2, 0.25) is 0 Å². The smallest absolute Gasteiger partial charge is 0.293 e. The highest BCUT2D eigenvalue weighted by molar-refractivity contribution is 5.94. The van der Waals surface area contributed by atoms with Crippen LogP contribution in [-0.4, -0.2) is 38.1 Å². The van der Waals surface area contributed by atoms with Crippen molar-refractivity contribution in [1.29, 1.82) is 0 Å². The normalized spacial score (nSPS) is 11.6. The van der Waals surface area contributed by atoms with Gasteiger partial charge in [-0.2, -0.15) is 0 Å². The second-order valence-electron chi connectivity index (χ2n) is 6.99. The van der Waals surface area contributed by atoms with Crippen LogP contribution in [0.25, 0.3) is 0 Å². The minimum Gasteiger partial charge on any atom is -0.493 e. The van der Waals surface area contributed by atoms with Gasteiger partial charge in [-0.3, -0.25) is 14.9 Å². The van der Waals surface area contributed by atoms with Gasteiger partial charge in [-0.1, -0.05) is 0 Å². The quantitative estimate of drug-likeness (QED) is 0.496. The average molecular weight is 402 g/mol. The zero-order valence-electron chi connectivity index (χ0n) is 17.5. The molecule has 1 atom stereocenters. The average Bonchev–Trinajstić information content (AvgIpc) is 2.65. The van der Waals surface area contributed by atoms with Gasteiger partial charge in [0, 0.05) is 11.6 Å². The fraction of sp³-hybridized carbons (Fsp3) is 0.381. The molecular formula is C21H28N3O5+. The lowest BCUT2D eigenvalue weighted by atomic mass is 10.1. The summed E-state index contributed by atoms with van der Waals surface area (Å²) in [7, 11) is 3.47. The van der Waals surface area contributed by atoms with Crippen molar-refractivity contribution < 1.29 is 24.1 Å². The Labute approximate surface area is 170 Å². The van der Waals surface area contributed by atoms with Crippen LogP contribution in [0.5, 0.6) is 11.5 Å². The van der Waals surface area contributed by atoms with E-state index in [0.717, 1.165) is 21.6 Å². The molecule has 0 heterocycles. The molecule has 1 unspecified atom stereocenters. The number of aryl methyl sites for hydroxylation is 2. The molecule has 0 spiro atoms. The Kier molecular flexibility index (Phi) is 7.55. The highest BCUT2D eigenvalue weighted by Crippen LogP contribution is 2.28. The predicted molar refractivity (Wildman–Crippen MR) is 111 cm³/mol. The molecule has 0 saturated carbocycles. The fourth-order valence-corrected chi connectivity index (χ4v) is 3.03. The van der Waals surface area contributed by atoms with Crippen molar-refractivity contribution in [3.63, 3.8) is 0 Å². The Morgan fingerprint density at radius 3 is 2.48 bits per heavy atom. The van der Waals surface area contributed by atoms with Crippen LogP contribution >= 0.6 is 0 Å².